The smallest absolute Gasteiger partial charge is 0.227 e. The lowest BCUT2D eigenvalue weighted by Gasteiger charge is -2.24. The SMILES string of the molecule is O=C(Cc1cccs1)N1CCCCC(c2ccc(F)cc2)C1. The highest BCUT2D eigenvalue weighted by atomic mass is 32.1. The molecule has 22 heavy (non-hydrogen) atoms. The van der Waals surface area contributed by atoms with Crippen molar-refractivity contribution in [1.82, 2.24) is 4.90 Å². The number of rotatable bonds is 3. The van der Waals surface area contributed by atoms with Crippen molar-refractivity contribution in [1.29, 1.82) is 0 Å². The quantitative estimate of drug-likeness (QED) is 0.830. The van der Waals surface area contributed by atoms with E-state index < -0.39 is 0 Å². The van der Waals surface area contributed by atoms with E-state index in [2.05, 4.69) is 0 Å². The summed E-state index contributed by atoms with van der Waals surface area (Å²) in [6.45, 7) is 1.58. The lowest BCUT2D eigenvalue weighted by molar-refractivity contribution is -0.130. The molecule has 1 aliphatic rings. The number of carbonyl (C=O) groups excluding carboxylic acids is 1. The number of carbonyl (C=O) groups is 1. The average Bonchev–Trinajstić information content (AvgIpc) is 2.90. The molecule has 0 N–H and O–H groups in total. The maximum atomic E-state index is 13.1. The minimum atomic E-state index is -0.206. The summed E-state index contributed by atoms with van der Waals surface area (Å²) in [5, 5.41) is 2.01. The summed E-state index contributed by atoms with van der Waals surface area (Å²) in [4.78, 5) is 15.6. The number of nitrogens with zero attached hydrogens (tertiary/aromatic N) is 1. The highest BCUT2D eigenvalue weighted by Gasteiger charge is 2.23. The number of thiophene rings is 1. The van der Waals surface area contributed by atoms with Crippen molar-refractivity contribution in [2.24, 2.45) is 0 Å². The van der Waals surface area contributed by atoms with Crippen LogP contribution in [-0.4, -0.2) is 23.9 Å². The molecule has 1 aliphatic heterocycles. The van der Waals surface area contributed by atoms with E-state index >= 15 is 0 Å². The van der Waals surface area contributed by atoms with Crippen LogP contribution >= 0.6 is 11.3 Å². The molecule has 0 radical (unpaired) electrons. The van der Waals surface area contributed by atoms with Crippen LogP contribution in [0.5, 0.6) is 0 Å². The molecule has 2 aromatic rings. The second-order valence-electron chi connectivity index (χ2n) is 5.84. The van der Waals surface area contributed by atoms with Gasteiger partial charge < -0.3 is 4.90 Å². The van der Waals surface area contributed by atoms with Crippen molar-refractivity contribution < 1.29 is 9.18 Å². The van der Waals surface area contributed by atoms with E-state index in [9.17, 15) is 9.18 Å². The van der Waals surface area contributed by atoms with Crippen LogP contribution < -0.4 is 0 Å². The Balaban J connectivity index is 1.69. The van der Waals surface area contributed by atoms with Gasteiger partial charge in [-0.25, -0.2) is 4.39 Å². The predicted octanol–water partition coefficient (Wildman–Crippen LogP) is 4.23. The van der Waals surface area contributed by atoms with Gasteiger partial charge in [0.1, 0.15) is 5.82 Å². The summed E-state index contributed by atoms with van der Waals surface area (Å²) in [5.74, 6) is 0.315. The minimum Gasteiger partial charge on any atom is -0.342 e. The molecule has 1 fully saturated rings. The highest BCUT2D eigenvalue weighted by Crippen LogP contribution is 2.27. The van der Waals surface area contributed by atoms with Gasteiger partial charge in [-0.15, -0.1) is 11.3 Å². The van der Waals surface area contributed by atoms with E-state index in [0.29, 0.717) is 12.3 Å². The van der Waals surface area contributed by atoms with Gasteiger partial charge >= 0.3 is 0 Å². The van der Waals surface area contributed by atoms with Crippen LogP contribution in [0, 0.1) is 5.82 Å². The first-order valence-corrected chi connectivity index (χ1v) is 8.66. The van der Waals surface area contributed by atoms with Crippen molar-refractivity contribution in [2.75, 3.05) is 13.1 Å². The van der Waals surface area contributed by atoms with E-state index in [1.54, 1.807) is 11.3 Å². The van der Waals surface area contributed by atoms with Crippen molar-refractivity contribution in [2.45, 2.75) is 31.6 Å². The topological polar surface area (TPSA) is 20.3 Å². The Morgan fingerprint density at radius 3 is 2.77 bits per heavy atom. The molecule has 1 saturated heterocycles. The average molecular weight is 317 g/mol. The fourth-order valence-electron chi connectivity index (χ4n) is 3.05. The van der Waals surface area contributed by atoms with Crippen LogP contribution in [0.2, 0.25) is 0 Å². The third kappa shape index (κ3) is 3.74. The number of benzene rings is 1. The zero-order chi connectivity index (χ0) is 15.4. The Labute approximate surface area is 134 Å². The summed E-state index contributed by atoms with van der Waals surface area (Å²) in [6, 6.07) is 10.7. The molecule has 1 amide bonds. The zero-order valence-electron chi connectivity index (χ0n) is 12.5. The normalized spacial score (nSPS) is 19.0. The van der Waals surface area contributed by atoms with E-state index in [1.165, 1.54) is 12.1 Å². The molecule has 3 rings (SSSR count). The minimum absolute atomic E-state index is 0.205. The Kier molecular flexibility index (Phi) is 4.88. The van der Waals surface area contributed by atoms with E-state index in [-0.39, 0.29) is 11.7 Å². The van der Waals surface area contributed by atoms with E-state index in [0.717, 1.165) is 42.8 Å². The fourth-order valence-corrected chi connectivity index (χ4v) is 3.75. The molecule has 0 spiro atoms. The van der Waals surface area contributed by atoms with Gasteiger partial charge in [-0.3, -0.25) is 4.79 Å². The molecule has 4 heteroatoms. The molecule has 0 saturated carbocycles. The Hall–Kier alpha value is -1.68. The molecular formula is C18H20FNOS. The van der Waals surface area contributed by atoms with Crippen molar-refractivity contribution in [3.8, 4) is 0 Å². The Bertz CT molecular complexity index is 609. The Morgan fingerprint density at radius 1 is 1.23 bits per heavy atom. The molecule has 1 atom stereocenters. The molecule has 116 valence electrons. The van der Waals surface area contributed by atoms with Crippen molar-refractivity contribution in [3.05, 3.63) is 58.0 Å². The molecule has 1 aromatic heterocycles. The molecular weight excluding hydrogens is 297 g/mol. The van der Waals surface area contributed by atoms with Crippen LogP contribution in [0.15, 0.2) is 41.8 Å². The lowest BCUT2D eigenvalue weighted by Crippen LogP contribution is -2.35. The second kappa shape index (κ2) is 7.05. The molecule has 1 unspecified atom stereocenters. The standard InChI is InChI=1S/C18H20FNOS/c19-16-8-6-14(7-9-16)15-4-1-2-10-20(13-15)18(21)12-17-5-3-11-22-17/h3,5-9,11,15H,1-2,4,10,12-13H2. The first-order chi connectivity index (χ1) is 10.7. The summed E-state index contributed by atoms with van der Waals surface area (Å²) in [6.07, 6.45) is 3.72. The maximum absolute atomic E-state index is 13.1. The van der Waals surface area contributed by atoms with Gasteiger partial charge in [-0.05, 0) is 42.0 Å². The molecule has 0 bridgehead atoms. The fraction of sp³-hybridized carbons (Fsp3) is 0.389. The molecule has 2 nitrogen and oxygen atoms in total. The number of hydrogen-bond donors (Lipinski definition) is 0. The first-order valence-electron chi connectivity index (χ1n) is 7.78. The van der Waals surface area contributed by atoms with Gasteiger partial charge in [0, 0.05) is 23.9 Å². The third-order valence-corrected chi connectivity index (χ3v) is 5.15. The number of likely N-dealkylation sites (tertiary alicyclic amines) is 1. The molecule has 2 heterocycles. The van der Waals surface area contributed by atoms with E-state index in [4.69, 9.17) is 0 Å². The monoisotopic (exact) mass is 317 g/mol. The van der Waals surface area contributed by atoms with Gasteiger partial charge in [-0.2, -0.15) is 0 Å². The summed E-state index contributed by atoms with van der Waals surface area (Å²) < 4.78 is 13.1. The van der Waals surface area contributed by atoms with Crippen LogP contribution in [0.3, 0.4) is 0 Å². The second-order valence-corrected chi connectivity index (χ2v) is 6.87. The van der Waals surface area contributed by atoms with E-state index in [1.807, 2.05) is 34.5 Å². The summed E-state index contributed by atoms with van der Waals surface area (Å²) >= 11 is 1.63. The van der Waals surface area contributed by atoms with Gasteiger partial charge in [0.25, 0.3) is 0 Å². The predicted molar refractivity (Wildman–Crippen MR) is 87.6 cm³/mol. The summed E-state index contributed by atoms with van der Waals surface area (Å²) in [5.41, 5.74) is 1.14. The van der Waals surface area contributed by atoms with Crippen molar-refractivity contribution in [3.63, 3.8) is 0 Å². The van der Waals surface area contributed by atoms with Crippen LogP contribution in [-0.2, 0) is 11.2 Å². The van der Waals surface area contributed by atoms with Gasteiger partial charge in [-0.1, -0.05) is 24.6 Å². The molecule has 0 aliphatic carbocycles. The van der Waals surface area contributed by atoms with Crippen LogP contribution in [0.4, 0.5) is 4.39 Å². The summed E-state index contributed by atoms with van der Waals surface area (Å²) in [7, 11) is 0. The zero-order valence-corrected chi connectivity index (χ0v) is 13.3. The Morgan fingerprint density at radius 2 is 2.05 bits per heavy atom. The first kappa shape index (κ1) is 15.2. The third-order valence-electron chi connectivity index (χ3n) is 4.27. The maximum Gasteiger partial charge on any atom is 0.227 e. The van der Waals surface area contributed by atoms with Crippen LogP contribution in [0.1, 0.15) is 35.6 Å². The van der Waals surface area contributed by atoms with Crippen molar-refractivity contribution >= 4 is 17.2 Å². The highest BCUT2D eigenvalue weighted by molar-refractivity contribution is 7.10. The van der Waals surface area contributed by atoms with Crippen LogP contribution in [0.25, 0.3) is 0 Å². The van der Waals surface area contributed by atoms with Gasteiger partial charge in [0.15, 0.2) is 0 Å². The molecule has 1 aromatic carbocycles. The van der Waals surface area contributed by atoms with Gasteiger partial charge in [0.05, 0.1) is 6.42 Å². The lowest BCUT2D eigenvalue weighted by atomic mass is 9.94. The van der Waals surface area contributed by atoms with Gasteiger partial charge in [0.2, 0.25) is 5.91 Å². The number of halogens is 1. The number of hydrogen-bond acceptors (Lipinski definition) is 2. The largest absolute Gasteiger partial charge is 0.342 e. The number of amides is 1.